The van der Waals surface area contributed by atoms with Gasteiger partial charge in [0.05, 0.1) is 0 Å². The number of nitrogens with one attached hydrogen (secondary N) is 1. The van der Waals surface area contributed by atoms with Gasteiger partial charge in [0.1, 0.15) is 0 Å². The summed E-state index contributed by atoms with van der Waals surface area (Å²) in [7, 11) is 2.65. The highest BCUT2D eigenvalue weighted by molar-refractivity contribution is 7.16. The van der Waals surface area contributed by atoms with E-state index >= 15 is 0 Å². The monoisotopic (exact) mass is 133 g/mol. The van der Waals surface area contributed by atoms with E-state index in [1.54, 1.807) is 0 Å². The first-order valence-corrected chi connectivity index (χ1v) is 4.14. The predicted octanol–water partition coefficient (Wildman–Crippen LogP) is 1.60. The zero-order valence-electron chi connectivity index (χ0n) is 5.61. The average Bonchev–Trinajstić information content (AvgIpc) is 1.81. The molecule has 1 atom stereocenters. The zero-order chi connectivity index (χ0) is 6.24. The van der Waals surface area contributed by atoms with E-state index in [1.165, 1.54) is 25.8 Å². The summed E-state index contributed by atoms with van der Waals surface area (Å²) in [5, 5.41) is 3.25. The first-order valence-electron chi connectivity index (χ1n) is 3.32. The van der Waals surface area contributed by atoms with Crippen LogP contribution in [0.15, 0.2) is 0 Å². The fraction of sp³-hybridized carbons (Fsp3) is 1.00. The topological polar surface area (TPSA) is 12.0 Å². The summed E-state index contributed by atoms with van der Waals surface area (Å²) in [5.41, 5.74) is 0. The molecule has 0 saturated heterocycles. The molecule has 0 spiro atoms. The Hall–Kier alpha value is 0.390. The van der Waals surface area contributed by atoms with E-state index in [-0.39, 0.29) is 0 Å². The third-order valence-electron chi connectivity index (χ3n) is 1.10. The van der Waals surface area contributed by atoms with Crippen LogP contribution in [-0.4, -0.2) is 12.8 Å². The molecule has 0 radical (unpaired) electrons. The van der Waals surface area contributed by atoms with E-state index in [0.717, 1.165) is 6.29 Å². The fourth-order valence-corrected chi connectivity index (χ4v) is 0.806. The van der Waals surface area contributed by atoms with Crippen LogP contribution in [0.3, 0.4) is 0 Å². The molecule has 1 nitrogen and oxygen atoms in total. The van der Waals surface area contributed by atoms with E-state index in [1.807, 2.05) is 0 Å². The second-order valence-corrected chi connectivity index (χ2v) is 2.32. The third kappa shape index (κ3) is 6.39. The third-order valence-corrected chi connectivity index (χ3v) is 1.39. The van der Waals surface area contributed by atoms with E-state index < -0.39 is 0 Å². The van der Waals surface area contributed by atoms with Gasteiger partial charge in [0, 0.05) is 6.29 Å². The van der Waals surface area contributed by atoms with E-state index in [0.29, 0.717) is 0 Å². The standard InChI is InChI=1S/C6H16NP/c1-2-3-4-5-7-6-8/h7H,2-6,8H2,1H3. The van der Waals surface area contributed by atoms with E-state index in [9.17, 15) is 0 Å². The van der Waals surface area contributed by atoms with Crippen molar-refractivity contribution in [1.29, 1.82) is 0 Å². The molecule has 0 aliphatic rings. The Labute approximate surface area is 54.4 Å². The van der Waals surface area contributed by atoms with Crippen molar-refractivity contribution in [1.82, 2.24) is 5.32 Å². The minimum Gasteiger partial charge on any atom is -0.313 e. The van der Waals surface area contributed by atoms with Crippen LogP contribution in [0.2, 0.25) is 0 Å². The molecule has 0 aromatic rings. The highest BCUT2D eigenvalue weighted by Gasteiger charge is 1.81. The Morgan fingerprint density at radius 1 is 1.38 bits per heavy atom. The van der Waals surface area contributed by atoms with Gasteiger partial charge in [0.15, 0.2) is 0 Å². The molecule has 0 bridgehead atoms. The van der Waals surface area contributed by atoms with Crippen LogP contribution in [0.5, 0.6) is 0 Å². The summed E-state index contributed by atoms with van der Waals surface area (Å²) in [5.74, 6) is 0. The first-order chi connectivity index (χ1) is 3.91. The maximum Gasteiger partial charge on any atom is 0.00980 e. The Morgan fingerprint density at radius 2 is 2.12 bits per heavy atom. The molecule has 1 unspecified atom stereocenters. The molecule has 0 rings (SSSR count). The number of hydrogen-bond donors (Lipinski definition) is 1. The zero-order valence-corrected chi connectivity index (χ0v) is 6.77. The summed E-state index contributed by atoms with van der Waals surface area (Å²) in [6.07, 6.45) is 5.03. The molecule has 1 N–H and O–H groups in total. The second-order valence-electron chi connectivity index (χ2n) is 1.91. The van der Waals surface area contributed by atoms with Gasteiger partial charge >= 0.3 is 0 Å². The molecule has 0 aromatic heterocycles. The highest BCUT2D eigenvalue weighted by atomic mass is 31.0. The van der Waals surface area contributed by atoms with Gasteiger partial charge in [-0.3, -0.25) is 0 Å². The molecular weight excluding hydrogens is 117 g/mol. The minimum atomic E-state index is 1.03. The fourth-order valence-electron chi connectivity index (χ4n) is 0.602. The summed E-state index contributed by atoms with van der Waals surface area (Å²) >= 11 is 0. The van der Waals surface area contributed by atoms with Crippen LogP contribution in [0, 0.1) is 0 Å². The largest absolute Gasteiger partial charge is 0.313 e. The van der Waals surface area contributed by atoms with Crippen molar-refractivity contribution in [3.05, 3.63) is 0 Å². The van der Waals surface area contributed by atoms with Crippen molar-refractivity contribution in [2.45, 2.75) is 26.2 Å². The molecule has 0 heterocycles. The predicted molar refractivity (Wildman–Crippen MR) is 42.1 cm³/mol. The Morgan fingerprint density at radius 3 is 2.62 bits per heavy atom. The van der Waals surface area contributed by atoms with Gasteiger partial charge < -0.3 is 5.32 Å². The van der Waals surface area contributed by atoms with Gasteiger partial charge in [-0.15, -0.1) is 9.24 Å². The summed E-state index contributed by atoms with van der Waals surface area (Å²) in [6.45, 7) is 3.40. The van der Waals surface area contributed by atoms with Gasteiger partial charge in [-0.1, -0.05) is 19.8 Å². The van der Waals surface area contributed by atoms with Crippen molar-refractivity contribution >= 4 is 9.24 Å². The molecule has 2 heteroatoms. The lowest BCUT2D eigenvalue weighted by Crippen LogP contribution is -2.11. The normalized spacial score (nSPS) is 9.75. The quantitative estimate of drug-likeness (QED) is 0.443. The van der Waals surface area contributed by atoms with Gasteiger partial charge in [0.25, 0.3) is 0 Å². The van der Waals surface area contributed by atoms with Crippen molar-refractivity contribution in [3.63, 3.8) is 0 Å². The van der Waals surface area contributed by atoms with E-state index in [4.69, 9.17) is 0 Å². The SMILES string of the molecule is CCCCCNCP. The molecule has 0 aliphatic heterocycles. The first kappa shape index (κ1) is 8.39. The van der Waals surface area contributed by atoms with Gasteiger partial charge in [-0.25, -0.2) is 0 Å². The van der Waals surface area contributed by atoms with Crippen LogP contribution in [0.4, 0.5) is 0 Å². The smallest absolute Gasteiger partial charge is 0.00980 e. The molecule has 50 valence electrons. The molecule has 8 heavy (non-hydrogen) atoms. The van der Waals surface area contributed by atoms with Crippen LogP contribution in [-0.2, 0) is 0 Å². The van der Waals surface area contributed by atoms with Gasteiger partial charge in [-0.2, -0.15) is 0 Å². The Balaban J connectivity index is 2.53. The summed E-state index contributed by atoms with van der Waals surface area (Å²) in [4.78, 5) is 0. The number of rotatable bonds is 5. The summed E-state index contributed by atoms with van der Waals surface area (Å²) < 4.78 is 0. The van der Waals surface area contributed by atoms with Crippen molar-refractivity contribution < 1.29 is 0 Å². The lowest BCUT2D eigenvalue weighted by atomic mass is 10.2. The van der Waals surface area contributed by atoms with Crippen LogP contribution in [0.1, 0.15) is 26.2 Å². The van der Waals surface area contributed by atoms with Crippen LogP contribution < -0.4 is 5.32 Å². The number of hydrogen-bond acceptors (Lipinski definition) is 1. The number of unbranched alkanes of at least 4 members (excludes halogenated alkanes) is 2. The average molecular weight is 133 g/mol. The molecule has 0 aromatic carbocycles. The molecule has 0 saturated carbocycles. The lowest BCUT2D eigenvalue weighted by Gasteiger charge is -1.97. The molecular formula is C6H16NP. The maximum absolute atomic E-state index is 3.25. The highest BCUT2D eigenvalue weighted by Crippen LogP contribution is 1.90. The van der Waals surface area contributed by atoms with Gasteiger partial charge in [0.2, 0.25) is 0 Å². The molecule has 0 aliphatic carbocycles. The van der Waals surface area contributed by atoms with Crippen LogP contribution in [0.25, 0.3) is 0 Å². The Bertz CT molecular complexity index is 33.5. The van der Waals surface area contributed by atoms with E-state index in [2.05, 4.69) is 21.5 Å². The van der Waals surface area contributed by atoms with Crippen molar-refractivity contribution in [2.24, 2.45) is 0 Å². The van der Waals surface area contributed by atoms with Crippen LogP contribution >= 0.6 is 9.24 Å². The molecule has 0 fully saturated rings. The Kier molecular flexibility index (Phi) is 7.75. The van der Waals surface area contributed by atoms with Crippen molar-refractivity contribution in [3.8, 4) is 0 Å². The summed E-state index contributed by atoms with van der Waals surface area (Å²) in [6, 6.07) is 0. The van der Waals surface area contributed by atoms with Crippen molar-refractivity contribution in [2.75, 3.05) is 12.8 Å². The molecule has 0 amide bonds. The lowest BCUT2D eigenvalue weighted by molar-refractivity contribution is 0.659. The van der Waals surface area contributed by atoms with Gasteiger partial charge in [-0.05, 0) is 13.0 Å². The minimum absolute atomic E-state index is 1.03. The second kappa shape index (κ2) is 7.39. The maximum atomic E-state index is 3.25.